The van der Waals surface area contributed by atoms with E-state index in [2.05, 4.69) is 22.4 Å². The highest BCUT2D eigenvalue weighted by atomic mass is 19.4. The second-order valence-electron chi connectivity index (χ2n) is 8.94. The number of anilines is 2. The molecule has 2 unspecified atom stereocenters. The van der Waals surface area contributed by atoms with Crippen LogP contribution in [0.1, 0.15) is 48.4 Å². The molecule has 0 aliphatic carbocycles. The van der Waals surface area contributed by atoms with Gasteiger partial charge >= 0.3 is 6.18 Å². The van der Waals surface area contributed by atoms with E-state index in [4.69, 9.17) is 5.73 Å². The minimum absolute atomic E-state index is 0.0375. The van der Waals surface area contributed by atoms with Crippen LogP contribution in [-0.4, -0.2) is 34.8 Å². The van der Waals surface area contributed by atoms with E-state index < -0.39 is 17.8 Å². The van der Waals surface area contributed by atoms with Crippen molar-refractivity contribution in [3.05, 3.63) is 63.4 Å². The second kappa shape index (κ2) is 8.70. The first kappa shape index (κ1) is 23.1. The summed E-state index contributed by atoms with van der Waals surface area (Å²) in [6, 6.07) is 8.80. The number of benzene rings is 2. The quantitative estimate of drug-likeness (QED) is 0.561. The van der Waals surface area contributed by atoms with Gasteiger partial charge in [0, 0.05) is 24.7 Å². The number of halogens is 3. The number of nitrogen functional groups attached to an aromatic ring is 1. The fourth-order valence-corrected chi connectivity index (χ4v) is 4.55. The molecule has 4 rings (SSSR count). The highest BCUT2D eigenvalue weighted by molar-refractivity contribution is 5.91. The topological polar surface area (TPSA) is 76.2 Å². The van der Waals surface area contributed by atoms with E-state index in [1.165, 1.54) is 10.7 Å². The first-order valence-electron chi connectivity index (χ1n) is 11.0. The maximum absolute atomic E-state index is 13.3. The highest BCUT2D eigenvalue weighted by Crippen LogP contribution is 2.34. The van der Waals surface area contributed by atoms with Crippen LogP contribution >= 0.6 is 0 Å². The van der Waals surface area contributed by atoms with E-state index in [1.807, 2.05) is 18.2 Å². The number of nitrogens with one attached hydrogen (secondary N) is 1. The largest absolute Gasteiger partial charge is 0.416 e. The first-order valence-corrected chi connectivity index (χ1v) is 11.0. The fourth-order valence-electron chi connectivity index (χ4n) is 4.55. The fraction of sp³-hybridized carbons (Fsp3) is 0.417. The van der Waals surface area contributed by atoms with E-state index in [0.717, 1.165) is 43.6 Å². The molecule has 9 heteroatoms. The minimum atomic E-state index is -4.49. The Morgan fingerprint density at radius 2 is 1.91 bits per heavy atom. The molecule has 1 aromatic heterocycles. The van der Waals surface area contributed by atoms with Crippen LogP contribution in [-0.2, 0) is 13.2 Å². The van der Waals surface area contributed by atoms with Crippen molar-refractivity contribution in [2.75, 3.05) is 31.2 Å². The number of rotatable bonds is 4. The Morgan fingerprint density at radius 3 is 2.61 bits per heavy atom. The molecule has 176 valence electrons. The van der Waals surface area contributed by atoms with E-state index >= 15 is 0 Å². The Balaban J connectivity index is 1.74. The van der Waals surface area contributed by atoms with Crippen LogP contribution in [0.15, 0.2) is 41.2 Å². The molecule has 0 spiro atoms. The standard InChI is InChI=1S/C24H28F3N5O/c1-14(17-9-18(24(25,26)27)12-19(28)10-17)29-22-21-11-15(16-5-4-8-31(2)13-16)6-7-20(21)23(33)32(3)30-22/h6-7,9-12,14,16H,4-5,8,13,28H2,1-3H3,(H,29,30). The lowest BCUT2D eigenvalue weighted by Gasteiger charge is -2.30. The molecule has 0 amide bonds. The highest BCUT2D eigenvalue weighted by Gasteiger charge is 2.31. The number of likely N-dealkylation sites (N-methyl/N-ethyl adjacent to an activating group) is 1. The number of aromatic nitrogens is 2. The number of piperidine rings is 1. The van der Waals surface area contributed by atoms with Crippen molar-refractivity contribution in [2.45, 2.75) is 37.9 Å². The van der Waals surface area contributed by atoms with Crippen LogP contribution in [0.2, 0.25) is 0 Å². The summed E-state index contributed by atoms with van der Waals surface area (Å²) in [5.74, 6) is 0.798. The van der Waals surface area contributed by atoms with Crippen LogP contribution in [0.3, 0.4) is 0 Å². The van der Waals surface area contributed by atoms with Gasteiger partial charge in [0.1, 0.15) is 0 Å². The first-order chi connectivity index (χ1) is 15.5. The van der Waals surface area contributed by atoms with Crippen molar-refractivity contribution < 1.29 is 13.2 Å². The summed E-state index contributed by atoms with van der Waals surface area (Å²) in [5.41, 5.74) is 6.27. The molecule has 1 aliphatic rings. The van der Waals surface area contributed by atoms with Gasteiger partial charge in [0.25, 0.3) is 5.56 Å². The average Bonchev–Trinajstić information content (AvgIpc) is 2.76. The maximum atomic E-state index is 13.3. The Hall–Kier alpha value is -3.07. The summed E-state index contributed by atoms with van der Waals surface area (Å²) in [7, 11) is 3.66. The van der Waals surface area contributed by atoms with Gasteiger partial charge in [-0.1, -0.05) is 6.07 Å². The normalized spacial score (nSPS) is 18.4. The summed E-state index contributed by atoms with van der Waals surface area (Å²) in [4.78, 5) is 15.0. The Kier molecular flexibility index (Phi) is 6.09. The van der Waals surface area contributed by atoms with Crippen molar-refractivity contribution in [3.8, 4) is 0 Å². The van der Waals surface area contributed by atoms with Gasteiger partial charge in [0.2, 0.25) is 0 Å². The van der Waals surface area contributed by atoms with Gasteiger partial charge in [-0.15, -0.1) is 0 Å². The number of alkyl halides is 3. The van der Waals surface area contributed by atoms with Gasteiger partial charge in [-0.05, 0) is 80.7 Å². The molecular weight excluding hydrogens is 431 g/mol. The van der Waals surface area contributed by atoms with Gasteiger partial charge < -0.3 is 16.0 Å². The van der Waals surface area contributed by atoms with Gasteiger partial charge in [0.15, 0.2) is 5.82 Å². The zero-order valence-corrected chi connectivity index (χ0v) is 18.9. The summed E-state index contributed by atoms with van der Waals surface area (Å²) < 4.78 is 41.0. The second-order valence-corrected chi connectivity index (χ2v) is 8.94. The van der Waals surface area contributed by atoms with Crippen LogP contribution < -0.4 is 16.6 Å². The van der Waals surface area contributed by atoms with Crippen molar-refractivity contribution in [1.29, 1.82) is 0 Å². The van der Waals surface area contributed by atoms with Gasteiger partial charge in [0.05, 0.1) is 17.0 Å². The molecule has 2 heterocycles. The van der Waals surface area contributed by atoms with Gasteiger partial charge in [-0.3, -0.25) is 4.79 Å². The van der Waals surface area contributed by atoms with Crippen LogP contribution in [0.5, 0.6) is 0 Å². The summed E-state index contributed by atoms with van der Waals surface area (Å²) in [5, 5.41) is 8.78. The molecule has 1 saturated heterocycles. The molecule has 1 aliphatic heterocycles. The monoisotopic (exact) mass is 459 g/mol. The number of aryl methyl sites for hydroxylation is 1. The lowest BCUT2D eigenvalue weighted by Crippen LogP contribution is -2.30. The van der Waals surface area contributed by atoms with Crippen LogP contribution in [0.25, 0.3) is 10.8 Å². The third-order valence-corrected chi connectivity index (χ3v) is 6.33. The smallest absolute Gasteiger partial charge is 0.399 e. The number of hydrogen-bond donors (Lipinski definition) is 2. The van der Waals surface area contributed by atoms with Gasteiger partial charge in [-0.2, -0.15) is 18.3 Å². The van der Waals surface area contributed by atoms with Crippen molar-refractivity contribution in [3.63, 3.8) is 0 Å². The molecular formula is C24H28F3N5O. The number of fused-ring (bicyclic) bond motifs is 1. The van der Waals surface area contributed by atoms with Crippen LogP contribution in [0, 0.1) is 0 Å². The van der Waals surface area contributed by atoms with Crippen LogP contribution in [0.4, 0.5) is 24.7 Å². The average molecular weight is 460 g/mol. The van der Waals surface area contributed by atoms with E-state index in [1.54, 1.807) is 14.0 Å². The third kappa shape index (κ3) is 4.83. The zero-order chi connectivity index (χ0) is 23.9. The molecule has 3 aromatic rings. The third-order valence-electron chi connectivity index (χ3n) is 6.33. The molecule has 0 saturated carbocycles. The minimum Gasteiger partial charge on any atom is -0.399 e. The number of nitrogens with two attached hydrogens (primary N) is 1. The lowest BCUT2D eigenvalue weighted by atomic mass is 9.90. The summed E-state index contributed by atoms with van der Waals surface area (Å²) in [6.45, 7) is 3.75. The van der Waals surface area contributed by atoms with Crippen molar-refractivity contribution in [1.82, 2.24) is 14.7 Å². The lowest BCUT2D eigenvalue weighted by molar-refractivity contribution is -0.137. The molecule has 1 fully saturated rings. The predicted octanol–water partition coefficient (Wildman–Crippen LogP) is 4.52. The number of likely N-dealkylation sites (tertiary alicyclic amines) is 1. The van der Waals surface area contributed by atoms with E-state index in [0.29, 0.717) is 28.1 Å². The maximum Gasteiger partial charge on any atom is 0.416 e. The molecule has 6 nitrogen and oxygen atoms in total. The molecule has 0 radical (unpaired) electrons. The van der Waals surface area contributed by atoms with Gasteiger partial charge in [-0.25, -0.2) is 4.68 Å². The Labute approximate surface area is 190 Å². The SMILES string of the molecule is CC(Nc1nn(C)c(=O)c2ccc(C3CCCN(C)C3)cc12)c1cc(N)cc(C(F)(F)F)c1. The van der Waals surface area contributed by atoms with E-state index in [-0.39, 0.29) is 11.2 Å². The molecule has 2 aromatic carbocycles. The Bertz CT molecular complexity index is 1240. The zero-order valence-electron chi connectivity index (χ0n) is 18.9. The molecule has 33 heavy (non-hydrogen) atoms. The summed E-state index contributed by atoms with van der Waals surface area (Å²) in [6.07, 6.45) is -2.32. The Morgan fingerprint density at radius 1 is 1.15 bits per heavy atom. The molecule has 0 bridgehead atoms. The summed E-state index contributed by atoms with van der Waals surface area (Å²) >= 11 is 0. The number of hydrogen-bond acceptors (Lipinski definition) is 5. The number of nitrogens with zero attached hydrogens (tertiary/aromatic N) is 3. The van der Waals surface area contributed by atoms with E-state index in [9.17, 15) is 18.0 Å². The molecule has 3 N–H and O–H groups in total. The van der Waals surface area contributed by atoms with Crippen molar-refractivity contribution >= 4 is 22.3 Å². The molecule has 2 atom stereocenters. The van der Waals surface area contributed by atoms with Crippen molar-refractivity contribution in [2.24, 2.45) is 7.05 Å². The predicted molar refractivity (Wildman–Crippen MR) is 124 cm³/mol.